The number of aromatic amines is 1. The van der Waals surface area contributed by atoms with Gasteiger partial charge in [0.2, 0.25) is 12.5 Å². The lowest BCUT2D eigenvalue weighted by molar-refractivity contribution is -0.128. The summed E-state index contributed by atoms with van der Waals surface area (Å²) in [4.78, 5) is 48.1. The molecule has 2 fully saturated rings. The van der Waals surface area contributed by atoms with Gasteiger partial charge in [-0.2, -0.15) is 15.1 Å². The van der Waals surface area contributed by atoms with E-state index < -0.39 is 17.7 Å². The van der Waals surface area contributed by atoms with E-state index in [1.54, 1.807) is 16.0 Å². The number of anilines is 1. The van der Waals surface area contributed by atoms with Crippen LogP contribution in [-0.4, -0.2) is 111 Å². The summed E-state index contributed by atoms with van der Waals surface area (Å²) >= 11 is 7.06. The highest BCUT2D eigenvalue weighted by molar-refractivity contribution is 6.33. The largest absolute Gasteiger partial charge is 0.462 e. The predicted octanol–water partition coefficient (Wildman–Crippen LogP) is 4.94. The Hall–Kier alpha value is -4.41. The smallest absolute Gasteiger partial charge is 0.411 e. The fourth-order valence-corrected chi connectivity index (χ4v) is 7.41. The van der Waals surface area contributed by atoms with Gasteiger partial charge in [-0.15, -0.1) is 0 Å². The van der Waals surface area contributed by atoms with Gasteiger partial charge in [-0.1, -0.05) is 18.2 Å². The minimum Gasteiger partial charge on any atom is -0.462 e. The van der Waals surface area contributed by atoms with E-state index in [1.807, 2.05) is 33.8 Å². The lowest BCUT2D eigenvalue weighted by Gasteiger charge is -2.42. The second-order valence-corrected chi connectivity index (χ2v) is 14.5. The number of hydrogen-bond acceptors (Lipinski definition) is 9. The molecule has 1 unspecified atom stereocenters. The lowest BCUT2D eigenvalue weighted by atomic mass is 9.90. The molecule has 5 heterocycles. The first-order chi connectivity index (χ1) is 23.4. The minimum atomic E-state index is -0.741. The van der Waals surface area contributed by atoms with E-state index in [1.165, 1.54) is 6.08 Å². The Morgan fingerprint density at radius 1 is 1.20 bits per heavy atom. The molecule has 0 radical (unpaired) electrons. The van der Waals surface area contributed by atoms with Crippen LogP contribution < -0.4 is 9.64 Å². The number of nitrogens with one attached hydrogen (secondary N) is 1. The second-order valence-electron chi connectivity index (χ2n) is 14.1. The number of ether oxygens (including phenoxy) is 2. The molecule has 260 valence electrons. The van der Waals surface area contributed by atoms with Crippen LogP contribution in [0.15, 0.2) is 24.9 Å². The lowest BCUT2D eigenvalue weighted by Crippen LogP contribution is -2.56. The molecule has 1 aromatic carbocycles. The van der Waals surface area contributed by atoms with Gasteiger partial charge in [0.15, 0.2) is 0 Å². The van der Waals surface area contributed by atoms with Crippen LogP contribution in [0, 0.1) is 13.5 Å². The first-order valence-corrected chi connectivity index (χ1v) is 17.1. The van der Waals surface area contributed by atoms with Crippen LogP contribution in [0.5, 0.6) is 6.01 Å². The van der Waals surface area contributed by atoms with Crippen molar-refractivity contribution < 1.29 is 19.1 Å². The summed E-state index contributed by atoms with van der Waals surface area (Å²) in [5, 5.41) is 8.71. The highest BCUT2D eigenvalue weighted by atomic mass is 35.5. The molecule has 13 nitrogen and oxygen atoms in total. The summed E-state index contributed by atoms with van der Waals surface area (Å²) in [5.41, 5.74) is 3.21. The number of fused-ring (bicyclic) bond motifs is 2. The Morgan fingerprint density at radius 3 is 2.69 bits per heavy atom. The molecule has 0 aliphatic carbocycles. The quantitative estimate of drug-likeness (QED) is 0.271. The fourth-order valence-electron chi connectivity index (χ4n) is 7.13. The molecule has 3 atom stereocenters. The van der Waals surface area contributed by atoms with Crippen molar-refractivity contribution >= 4 is 40.3 Å². The Morgan fingerprint density at radius 2 is 2.00 bits per heavy atom. The SMILES string of the molecule is [C-]#[N+]C[C@H]1CN(c2nc(OC[C@@H]3CCCN3C)nc3c2CN(C(=O)OC(C)(C)C)C(c2c(Cl)c(C)cc4[nH]ncc24)C3)CCN1C(=O)C=C. The molecule has 49 heavy (non-hydrogen) atoms. The number of benzene rings is 1. The Labute approximate surface area is 292 Å². The zero-order valence-corrected chi connectivity index (χ0v) is 29.6. The molecule has 2 amide bonds. The molecule has 0 spiro atoms. The Bertz CT molecular complexity index is 1800. The number of piperazine rings is 1. The molecule has 1 N–H and O–H groups in total. The van der Waals surface area contributed by atoms with Crippen LogP contribution in [0.1, 0.15) is 62.0 Å². The van der Waals surface area contributed by atoms with Crippen molar-refractivity contribution in [1.29, 1.82) is 0 Å². The fraction of sp³-hybridized carbons (Fsp3) is 0.543. The molecule has 0 bridgehead atoms. The number of carbonyl (C=O) groups excluding carboxylic acids is 2. The van der Waals surface area contributed by atoms with Gasteiger partial charge in [0.05, 0.1) is 30.0 Å². The van der Waals surface area contributed by atoms with Crippen molar-refractivity contribution in [1.82, 2.24) is 34.9 Å². The van der Waals surface area contributed by atoms with Crippen LogP contribution in [0.2, 0.25) is 5.02 Å². The molecule has 6 rings (SSSR count). The molecule has 3 aromatic rings. The maximum absolute atomic E-state index is 14.1. The van der Waals surface area contributed by atoms with Crippen LogP contribution >= 0.6 is 11.6 Å². The number of likely N-dealkylation sites (tertiary alicyclic amines) is 1. The number of aromatic nitrogens is 4. The number of amides is 2. The van der Waals surface area contributed by atoms with Crippen LogP contribution in [0.25, 0.3) is 15.7 Å². The maximum Gasteiger partial charge on any atom is 0.411 e. The molecule has 2 aromatic heterocycles. The normalized spacial score (nSPS) is 21.4. The van der Waals surface area contributed by atoms with Gasteiger partial charge >= 0.3 is 12.1 Å². The maximum atomic E-state index is 14.1. The number of hydrogen-bond donors (Lipinski definition) is 1. The molecule has 3 aliphatic rings. The summed E-state index contributed by atoms with van der Waals surface area (Å²) < 4.78 is 12.3. The first kappa shape index (κ1) is 34.5. The molecule has 14 heteroatoms. The van der Waals surface area contributed by atoms with E-state index in [0.717, 1.165) is 52.7 Å². The molecule has 3 aliphatic heterocycles. The number of aryl methyl sites for hydroxylation is 1. The van der Waals surface area contributed by atoms with Gasteiger partial charge in [-0.3, -0.25) is 14.8 Å². The average molecular weight is 690 g/mol. The van der Waals surface area contributed by atoms with Gasteiger partial charge < -0.3 is 29.0 Å². The number of carbonyl (C=O) groups is 2. The zero-order valence-electron chi connectivity index (χ0n) is 28.8. The third kappa shape index (κ3) is 7.03. The molecule has 2 saturated heterocycles. The van der Waals surface area contributed by atoms with Gasteiger partial charge in [-0.25, -0.2) is 11.4 Å². The van der Waals surface area contributed by atoms with Crippen LogP contribution in [0.3, 0.4) is 0 Å². The topological polar surface area (TPSA) is 124 Å². The highest BCUT2D eigenvalue weighted by Gasteiger charge is 2.41. The van der Waals surface area contributed by atoms with E-state index in [2.05, 4.69) is 38.5 Å². The van der Waals surface area contributed by atoms with E-state index in [4.69, 9.17) is 37.6 Å². The van der Waals surface area contributed by atoms with Crippen LogP contribution in [0.4, 0.5) is 10.6 Å². The van der Waals surface area contributed by atoms with E-state index in [-0.39, 0.29) is 37.1 Å². The summed E-state index contributed by atoms with van der Waals surface area (Å²) in [6.07, 6.45) is 5.01. The van der Waals surface area contributed by atoms with Crippen molar-refractivity contribution in [2.45, 2.75) is 77.2 Å². The Balaban J connectivity index is 1.46. The van der Waals surface area contributed by atoms with Crippen molar-refractivity contribution in [3.05, 3.63) is 63.7 Å². The molecule has 0 saturated carbocycles. The van der Waals surface area contributed by atoms with Gasteiger partial charge in [0.1, 0.15) is 24.1 Å². The van der Waals surface area contributed by atoms with E-state index >= 15 is 0 Å². The summed E-state index contributed by atoms with van der Waals surface area (Å²) in [6.45, 7) is 21.7. The van der Waals surface area contributed by atoms with E-state index in [9.17, 15) is 9.59 Å². The third-order valence-corrected chi connectivity index (χ3v) is 10.1. The summed E-state index contributed by atoms with van der Waals surface area (Å²) in [5.74, 6) is 0.415. The summed E-state index contributed by atoms with van der Waals surface area (Å²) in [7, 11) is 2.10. The summed E-state index contributed by atoms with van der Waals surface area (Å²) in [6, 6.07) is 1.58. The number of likely N-dealkylation sites (N-methyl/N-ethyl adjacent to an activating group) is 1. The molecular weight excluding hydrogens is 646 g/mol. The Kier molecular flexibility index (Phi) is 9.73. The van der Waals surface area contributed by atoms with Crippen molar-refractivity contribution in [2.75, 3.05) is 51.3 Å². The van der Waals surface area contributed by atoms with Gasteiger partial charge in [0.25, 0.3) is 0 Å². The first-order valence-electron chi connectivity index (χ1n) is 16.7. The number of nitrogens with zero attached hydrogens (tertiary/aromatic N) is 8. The van der Waals surface area contributed by atoms with Crippen molar-refractivity contribution in [3.8, 4) is 6.01 Å². The van der Waals surface area contributed by atoms with E-state index in [0.29, 0.717) is 43.5 Å². The molecular formula is C35H44ClN9O4. The van der Waals surface area contributed by atoms with Gasteiger partial charge in [0, 0.05) is 53.6 Å². The predicted molar refractivity (Wildman–Crippen MR) is 187 cm³/mol. The standard InChI is InChI=1S/C35H44ClN9O4/c1-8-29(46)44-13-12-43(18-23(44)16-37-6)32-25-19-45(34(47)49-35(3,4)5)28(30-24-17-38-41-27(24)14-21(2)31(30)36)15-26(25)39-33(40-32)48-20-22-10-9-11-42(22)7/h8,14,17,22-23,28H,1,9-13,15-16,18-20H2,2-5,7H3,(H,38,41)/t22-,23-,28?/m0/s1. The average Bonchev–Trinajstić information content (AvgIpc) is 3.70. The minimum absolute atomic E-state index is 0.138. The van der Waals surface area contributed by atoms with Gasteiger partial charge in [-0.05, 0) is 71.8 Å². The van der Waals surface area contributed by atoms with Crippen LogP contribution in [-0.2, 0) is 22.5 Å². The third-order valence-electron chi connectivity index (χ3n) is 9.62. The van der Waals surface area contributed by atoms with Crippen molar-refractivity contribution in [3.63, 3.8) is 0 Å². The monoisotopic (exact) mass is 689 g/mol. The highest BCUT2D eigenvalue weighted by Crippen LogP contribution is 2.43. The number of rotatable bonds is 7. The number of H-pyrrole nitrogens is 1. The zero-order chi connectivity index (χ0) is 35.0. The second kappa shape index (κ2) is 13.8. The number of halogens is 1. The van der Waals surface area contributed by atoms with Crippen molar-refractivity contribution in [2.24, 2.45) is 0 Å².